The van der Waals surface area contributed by atoms with Gasteiger partial charge in [-0.1, -0.05) is 12.8 Å². The van der Waals surface area contributed by atoms with Crippen LogP contribution in [0.3, 0.4) is 0 Å². The monoisotopic (exact) mass is 548 g/mol. The third-order valence-corrected chi connectivity index (χ3v) is 7.77. The van der Waals surface area contributed by atoms with Crippen LogP contribution in [-0.2, 0) is 0 Å². The van der Waals surface area contributed by atoms with Crippen molar-refractivity contribution in [1.82, 2.24) is 16.0 Å². The number of hydrogen-bond acceptors (Lipinski definition) is 4. The molecule has 17 N–H and O–H groups in total. The molecule has 0 aromatic heterocycles. The number of nitrogens with one attached hydrogen (secondary N) is 5. The molecule has 14 nitrogen and oxygen atoms in total. The van der Waals surface area contributed by atoms with E-state index in [-0.39, 0.29) is 17.5 Å². The van der Waals surface area contributed by atoms with E-state index in [4.69, 9.17) is 34.4 Å². The van der Waals surface area contributed by atoms with Gasteiger partial charge in [0.05, 0.1) is 32.7 Å². The fraction of sp³-hybridized carbons (Fsp3) is 0.800. The third kappa shape index (κ3) is 10.8. The zero-order valence-electron chi connectivity index (χ0n) is 23.4. The van der Waals surface area contributed by atoms with Crippen LogP contribution in [0.15, 0.2) is 15.0 Å². The molecule has 39 heavy (non-hydrogen) atoms. The van der Waals surface area contributed by atoms with Crippen molar-refractivity contribution >= 4 is 29.8 Å². The van der Waals surface area contributed by atoms with Gasteiger partial charge in [-0.2, -0.15) is 0 Å². The summed E-state index contributed by atoms with van der Waals surface area (Å²) < 4.78 is 0. The van der Waals surface area contributed by atoms with Gasteiger partial charge in [-0.25, -0.2) is 20.6 Å². The van der Waals surface area contributed by atoms with E-state index in [9.17, 15) is 0 Å². The van der Waals surface area contributed by atoms with E-state index in [1.54, 1.807) is 0 Å². The summed E-state index contributed by atoms with van der Waals surface area (Å²) in [7, 11) is 0. The van der Waals surface area contributed by atoms with Crippen LogP contribution in [0.25, 0.3) is 0 Å². The summed E-state index contributed by atoms with van der Waals surface area (Å²) in [6, 6.07) is 0. The molecule has 14 heteroatoms. The predicted octanol–water partition coefficient (Wildman–Crippen LogP) is -5.02. The maximum atomic E-state index is 6.23. The van der Waals surface area contributed by atoms with Crippen molar-refractivity contribution in [2.45, 2.75) is 69.7 Å². The van der Waals surface area contributed by atoms with E-state index in [0.29, 0.717) is 44.1 Å². The van der Waals surface area contributed by atoms with E-state index < -0.39 is 0 Å². The quantitative estimate of drug-likeness (QED) is 0.0597. The summed E-state index contributed by atoms with van der Waals surface area (Å²) >= 11 is 0. The van der Waals surface area contributed by atoms with Gasteiger partial charge in [-0.3, -0.25) is 26.4 Å². The fourth-order valence-electron chi connectivity index (χ4n) is 6.59. The van der Waals surface area contributed by atoms with E-state index in [2.05, 4.69) is 40.9 Å². The fourth-order valence-corrected chi connectivity index (χ4v) is 6.59. The molecule has 0 radical (unpaired) electrons. The lowest BCUT2D eigenvalue weighted by molar-refractivity contribution is -0.463. The number of hydrogen-bond donors (Lipinski definition) is 11. The van der Waals surface area contributed by atoms with Crippen molar-refractivity contribution < 1.29 is 9.98 Å². The van der Waals surface area contributed by atoms with Crippen molar-refractivity contribution in [3.8, 4) is 0 Å². The van der Waals surface area contributed by atoms with E-state index >= 15 is 0 Å². The average molecular weight is 549 g/mol. The van der Waals surface area contributed by atoms with Gasteiger partial charge in [0, 0.05) is 12.1 Å². The Balaban J connectivity index is 1.23. The minimum Gasteiger partial charge on any atom is -0.370 e. The lowest BCUT2D eigenvalue weighted by atomic mass is 9.53. The molecule has 4 aliphatic rings. The molecule has 0 aliphatic heterocycles. The Hall–Kier alpha value is -3.29. The standard InChI is InChI=1S/C25H50N14/c26-5-8-34-22(29)37-20(27)32-6-3-1-2-4-7-33-21(28)38-23(30)35-9-10-36-24(31)39-25-14-17-11-18(15-25)13-19(12-17)16-25/h17-19H,1-16,26H2,(H3,31,36,39)(H5,27,29,32,34,37)(H5,28,30,33,35,38)/p+2. The van der Waals surface area contributed by atoms with Crippen LogP contribution in [0.4, 0.5) is 0 Å². The largest absolute Gasteiger partial charge is 0.370 e. The Bertz CT molecular complexity index is 886. The van der Waals surface area contributed by atoms with Gasteiger partial charge in [0.1, 0.15) is 0 Å². The zero-order valence-corrected chi connectivity index (χ0v) is 23.4. The zero-order chi connectivity index (χ0) is 28.1. The van der Waals surface area contributed by atoms with Crippen LogP contribution in [-0.4, -0.2) is 74.6 Å². The lowest BCUT2D eigenvalue weighted by Gasteiger charge is -2.57. The average Bonchev–Trinajstić information content (AvgIpc) is 2.85. The highest BCUT2D eigenvalue weighted by atomic mass is 15.2. The van der Waals surface area contributed by atoms with Gasteiger partial charge in [0.2, 0.25) is 0 Å². The molecule has 4 aliphatic carbocycles. The molecular weight excluding hydrogens is 496 g/mol. The number of rotatable bonds is 13. The Labute approximate surface area is 232 Å². The molecule has 0 aromatic rings. The van der Waals surface area contributed by atoms with Crippen LogP contribution in [0.1, 0.15) is 64.2 Å². The molecule has 0 spiro atoms. The molecule has 0 atom stereocenters. The molecule has 0 saturated heterocycles. The number of nitrogens with two attached hydrogens (primary N) is 6. The van der Waals surface area contributed by atoms with Crippen LogP contribution >= 0.6 is 0 Å². The molecular formula is C25H52N14+2. The Morgan fingerprint density at radius 1 is 0.641 bits per heavy atom. The molecule has 4 saturated carbocycles. The van der Waals surface area contributed by atoms with E-state index in [1.807, 2.05) is 0 Å². The number of guanidine groups is 5. The highest BCUT2D eigenvalue weighted by Crippen LogP contribution is 2.55. The summed E-state index contributed by atoms with van der Waals surface area (Å²) in [5.41, 5.74) is 35.2. The highest BCUT2D eigenvalue weighted by Gasteiger charge is 2.51. The van der Waals surface area contributed by atoms with Gasteiger partial charge in [-0.05, 0) is 69.1 Å². The van der Waals surface area contributed by atoms with E-state index in [0.717, 1.165) is 56.5 Å². The van der Waals surface area contributed by atoms with Crippen LogP contribution < -0.4 is 60.3 Å². The van der Waals surface area contributed by atoms with Crippen molar-refractivity contribution in [2.75, 3.05) is 39.3 Å². The van der Waals surface area contributed by atoms with Crippen molar-refractivity contribution in [3.63, 3.8) is 0 Å². The Morgan fingerprint density at radius 2 is 1.08 bits per heavy atom. The first-order valence-corrected chi connectivity index (χ1v) is 14.4. The predicted molar refractivity (Wildman–Crippen MR) is 157 cm³/mol. The first kappa shape index (κ1) is 30.3. The van der Waals surface area contributed by atoms with Gasteiger partial charge in [0.15, 0.2) is 5.96 Å². The number of aliphatic imine (C=N–C) groups is 3. The molecule has 0 unspecified atom stereocenters. The molecule has 0 aromatic carbocycles. The summed E-state index contributed by atoms with van der Waals surface area (Å²) in [6.07, 6.45) is 12.0. The number of nitrogens with zero attached hydrogens (tertiary/aromatic N) is 3. The molecule has 4 rings (SSSR count). The summed E-state index contributed by atoms with van der Waals surface area (Å²) in [5, 5.41) is 9.24. The van der Waals surface area contributed by atoms with Crippen molar-refractivity contribution in [3.05, 3.63) is 0 Å². The minimum absolute atomic E-state index is 0.164. The normalized spacial score (nSPS) is 27.6. The minimum atomic E-state index is 0.164. The maximum absolute atomic E-state index is 6.23. The summed E-state index contributed by atoms with van der Waals surface area (Å²) in [6.45, 7) is 3.29. The smallest absolute Gasteiger partial charge is 0.348 e. The van der Waals surface area contributed by atoms with Crippen LogP contribution in [0, 0.1) is 17.8 Å². The third-order valence-electron chi connectivity index (χ3n) is 7.77. The van der Waals surface area contributed by atoms with Gasteiger partial charge < -0.3 is 28.3 Å². The summed E-state index contributed by atoms with van der Waals surface area (Å²) in [5.74, 6) is 4.39. The molecule has 0 heterocycles. The van der Waals surface area contributed by atoms with Gasteiger partial charge in [-0.15, -0.1) is 0 Å². The highest BCUT2D eigenvalue weighted by molar-refractivity contribution is 5.95. The van der Waals surface area contributed by atoms with Crippen LogP contribution in [0.2, 0.25) is 0 Å². The van der Waals surface area contributed by atoms with Gasteiger partial charge in [0.25, 0.3) is 11.9 Å². The Morgan fingerprint density at radius 3 is 1.54 bits per heavy atom. The molecule has 0 amide bonds. The summed E-state index contributed by atoms with van der Waals surface area (Å²) in [4.78, 5) is 19.0. The van der Waals surface area contributed by atoms with Crippen molar-refractivity contribution in [1.29, 1.82) is 0 Å². The van der Waals surface area contributed by atoms with Crippen molar-refractivity contribution in [2.24, 2.45) is 67.1 Å². The second-order valence-electron chi connectivity index (χ2n) is 11.3. The Kier molecular flexibility index (Phi) is 11.9. The number of unbranched alkanes of at least 4 members (excludes halogenated alkanes) is 3. The molecule has 4 bridgehead atoms. The topological polar surface area (TPSA) is 257 Å². The first-order valence-electron chi connectivity index (χ1n) is 14.4. The maximum Gasteiger partial charge on any atom is 0.348 e. The molecule has 4 fully saturated rings. The first-order chi connectivity index (χ1) is 18.8. The second-order valence-corrected chi connectivity index (χ2v) is 11.3. The lowest BCUT2D eigenvalue weighted by Crippen LogP contribution is -2.79. The SMILES string of the molecule is NCCN=C(N)NC(N)=[NH+]CCCCCC[NH+]=C(N)NC(N)=NCCN=C(N)NC12CC3CC(CC(C3)C1)C2. The van der Waals surface area contributed by atoms with Crippen LogP contribution in [0.5, 0.6) is 0 Å². The van der Waals surface area contributed by atoms with Gasteiger partial charge >= 0.3 is 11.9 Å². The van der Waals surface area contributed by atoms with E-state index in [1.165, 1.54) is 38.5 Å². The second kappa shape index (κ2) is 15.3. The molecule has 220 valence electrons.